The van der Waals surface area contributed by atoms with Crippen LogP contribution in [0, 0.1) is 0 Å². The minimum absolute atomic E-state index is 0.323. The fourth-order valence-electron chi connectivity index (χ4n) is 3.43. The summed E-state index contributed by atoms with van der Waals surface area (Å²) in [6.07, 6.45) is 3.77. The molecule has 4 rings (SSSR count). The van der Waals surface area contributed by atoms with Crippen LogP contribution in [0.25, 0.3) is 5.82 Å². The molecule has 2 aromatic heterocycles. The molecule has 9 nitrogen and oxygen atoms in total. The van der Waals surface area contributed by atoms with Crippen LogP contribution < -0.4 is 16.0 Å². The van der Waals surface area contributed by atoms with E-state index in [0.717, 1.165) is 5.69 Å². The highest BCUT2D eigenvalue weighted by Crippen LogP contribution is 2.27. The largest absolute Gasteiger partial charge is 0.322 e. The lowest BCUT2D eigenvalue weighted by Gasteiger charge is -2.21. The zero-order chi connectivity index (χ0) is 21.3. The number of urea groups is 1. The van der Waals surface area contributed by atoms with Gasteiger partial charge in [0.25, 0.3) is 11.8 Å². The lowest BCUT2D eigenvalue weighted by molar-refractivity contribution is -0.123. The normalized spacial score (nSPS) is 18.1. The second-order valence-corrected chi connectivity index (χ2v) is 7.03. The van der Waals surface area contributed by atoms with Crippen LogP contribution in [0.5, 0.6) is 0 Å². The number of carbonyl (C=O) groups excluding carboxylic acids is 3. The first kappa shape index (κ1) is 19.3. The van der Waals surface area contributed by atoms with Gasteiger partial charge in [0.1, 0.15) is 5.54 Å². The molecule has 3 N–H and O–H groups in total. The minimum Gasteiger partial charge on any atom is -0.322 e. The van der Waals surface area contributed by atoms with E-state index in [0.29, 0.717) is 29.1 Å². The second kappa shape index (κ2) is 7.43. The summed E-state index contributed by atoms with van der Waals surface area (Å²) in [6, 6.07) is 11.8. The Balaban J connectivity index is 1.61. The molecule has 3 aromatic rings. The predicted molar refractivity (Wildman–Crippen MR) is 109 cm³/mol. The summed E-state index contributed by atoms with van der Waals surface area (Å²) in [5, 5.41) is 12.0. The molecule has 152 valence electrons. The number of amides is 4. The molecule has 1 aliphatic heterocycles. The van der Waals surface area contributed by atoms with Gasteiger partial charge in [-0.25, -0.2) is 14.5 Å². The van der Waals surface area contributed by atoms with Crippen LogP contribution >= 0.6 is 0 Å². The van der Waals surface area contributed by atoms with E-state index in [-0.39, 0.29) is 5.91 Å². The molecule has 1 unspecified atom stereocenters. The molecule has 9 heteroatoms. The molecule has 0 aliphatic carbocycles. The molecule has 1 fully saturated rings. The van der Waals surface area contributed by atoms with Crippen molar-refractivity contribution in [3.05, 3.63) is 71.7 Å². The smallest absolute Gasteiger partial charge is 0.322 e. The maximum atomic E-state index is 12.9. The summed E-state index contributed by atoms with van der Waals surface area (Å²) in [7, 11) is 0. The Hall–Kier alpha value is -4.01. The fourth-order valence-corrected chi connectivity index (χ4v) is 3.43. The van der Waals surface area contributed by atoms with Crippen molar-refractivity contribution in [1.29, 1.82) is 0 Å². The molecule has 0 radical (unpaired) electrons. The highest BCUT2D eigenvalue weighted by atomic mass is 16.2. The van der Waals surface area contributed by atoms with Gasteiger partial charge in [-0.05, 0) is 43.2 Å². The van der Waals surface area contributed by atoms with Gasteiger partial charge in [-0.2, -0.15) is 5.10 Å². The van der Waals surface area contributed by atoms with Crippen molar-refractivity contribution in [2.45, 2.75) is 25.8 Å². The van der Waals surface area contributed by atoms with Crippen molar-refractivity contribution in [2.75, 3.05) is 5.32 Å². The molecule has 0 spiro atoms. The Morgan fingerprint density at radius 3 is 2.70 bits per heavy atom. The summed E-state index contributed by atoms with van der Waals surface area (Å²) >= 11 is 0. The number of pyridine rings is 1. The van der Waals surface area contributed by atoms with Crippen molar-refractivity contribution in [2.24, 2.45) is 0 Å². The zero-order valence-corrected chi connectivity index (χ0v) is 16.5. The van der Waals surface area contributed by atoms with E-state index in [1.165, 1.54) is 6.20 Å². The quantitative estimate of drug-likeness (QED) is 0.563. The first-order valence-corrected chi connectivity index (χ1v) is 9.46. The Morgan fingerprint density at radius 1 is 1.20 bits per heavy atom. The molecule has 1 aromatic carbocycles. The van der Waals surface area contributed by atoms with Crippen LogP contribution in [0.3, 0.4) is 0 Å². The maximum absolute atomic E-state index is 12.9. The molecule has 30 heavy (non-hydrogen) atoms. The third-order valence-corrected chi connectivity index (χ3v) is 5.06. The van der Waals surface area contributed by atoms with Gasteiger partial charge in [-0.3, -0.25) is 14.9 Å². The number of carbonyl (C=O) groups is 3. The lowest BCUT2D eigenvalue weighted by atomic mass is 9.92. The maximum Gasteiger partial charge on any atom is 0.322 e. The monoisotopic (exact) mass is 404 g/mol. The van der Waals surface area contributed by atoms with Crippen LogP contribution in [0.15, 0.2) is 54.9 Å². The molecule has 0 bridgehead atoms. The van der Waals surface area contributed by atoms with Gasteiger partial charge in [0.15, 0.2) is 5.82 Å². The fraction of sp³-hybridized carbons (Fsp3) is 0.190. The number of anilines is 1. The van der Waals surface area contributed by atoms with Gasteiger partial charge in [-0.15, -0.1) is 0 Å². The number of aromatic nitrogens is 3. The summed E-state index contributed by atoms with van der Waals surface area (Å²) in [6.45, 7) is 3.55. The van der Waals surface area contributed by atoms with E-state index in [9.17, 15) is 14.4 Å². The van der Waals surface area contributed by atoms with Crippen molar-refractivity contribution >= 4 is 23.5 Å². The highest BCUT2D eigenvalue weighted by Gasteiger charge is 2.43. The average Bonchev–Trinajstić information content (AvgIpc) is 3.29. The predicted octanol–water partition coefficient (Wildman–Crippen LogP) is 2.14. The Morgan fingerprint density at radius 2 is 2.03 bits per heavy atom. The van der Waals surface area contributed by atoms with Gasteiger partial charge < -0.3 is 10.6 Å². The lowest BCUT2D eigenvalue weighted by Crippen LogP contribution is -2.40. The first-order chi connectivity index (χ1) is 14.4. The van der Waals surface area contributed by atoms with E-state index in [4.69, 9.17) is 0 Å². The number of hydrogen-bond acceptors (Lipinski definition) is 5. The third-order valence-electron chi connectivity index (χ3n) is 5.06. The molecule has 1 aliphatic rings. The molecule has 4 amide bonds. The number of imide groups is 1. The number of nitrogens with one attached hydrogen (secondary N) is 3. The van der Waals surface area contributed by atoms with E-state index in [2.05, 4.69) is 26.0 Å². The Kier molecular flexibility index (Phi) is 4.78. The van der Waals surface area contributed by atoms with Crippen molar-refractivity contribution in [3.8, 4) is 5.82 Å². The van der Waals surface area contributed by atoms with E-state index in [1.54, 1.807) is 42.1 Å². The standard InChI is InChI=1S/C21H20N6O3/c1-3-16-15(12-23-27(16)17-9-4-5-10-22-17)18(28)24-14-8-6-7-13(11-14)21(2)19(29)25-20(30)26-21/h4-12H,3H2,1-2H3,(H,24,28)(H2,25,26,29,30). The van der Waals surface area contributed by atoms with Gasteiger partial charge in [-0.1, -0.05) is 25.1 Å². The topological polar surface area (TPSA) is 118 Å². The van der Waals surface area contributed by atoms with Gasteiger partial charge in [0.2, 0.25) is 0 Å². The summed E-state index contributed by atoms with van der Waals surface area (Å²) in [4.78, 5) is 41.0. The average molecular weight is 404 g/mol. The molecule has 1 saturated heterocycles. The van der Waals surface area contributed by atoms with Gasteiger partial charge >= 0.3 is 6.03 Å². The van der Waals surface area contributed by atoms with Crippen LogP contribution in [0.4, 0.5) is 10.5 Å². The van der Waals surface area contributed by atoms with Gasteiger partial charge in [0.05, 0.1) is 17.5 Å². The van der Waals surface area contributed by atoms with Crippen LogP contribution in [-0.2, 0) is 16.8 Å². The van der Waals surface area contributed by atoms with Crippen LogP contribution in [0.2, 0.25) is 0 Å². The van der Waals surface area contributed by atoms with Crippen LogP contribution in [-0.4, -0.2) is 32.6 Å². The summed E-state index contributed by atoms with van der Waals surface area (Å²) in [5.41, 5.74) is 1.03. The Labute approximate surface area is 172 Å². The SMILES string of the molecule is CCc1c(C(=O)Nc2cccc(C3(C)NC(=O)NC3=O)c2)cnn1-c1ccccn1. The van der Waals surface area contributed by atoms with Crippen molar-refractivity contribution < 1.29 is 14.4 Å². The number of nitrogens with zero attached hydrogens (tertiary/aromatic N) is 3. The number of hydrogen-bond donors (Lipinski definition) is 3. The molecular weight excluding hydrogens is 384 g/mol. The van der Waals surface area contributed by atoms with Crippen molar-refractivity contribution in [3.63, 3.8) is 0 Å². The molecule has 3 heterocycles. The first-order valence-electron chi connectivity index (χ1n) is 9.46. The second-order valence-electron chi connectivity index (χ2n) is 7.03. The molecule has 1 atom stereocenters. The van der Waals surface area contributed by atoms with E-state index < -0.39 is 17.5 Å². The van der Waals surface area contributed by atoms with Crippen LogP contribution in [0.1, 0.15) is 35.5 Å². The van der Waals surface area contributed by atoms with E-state index in [1.807, 2.05) is 25.1 Å². The zero-order valence-electron chi connectivity index (χ0n) is 16.5. The number of benzene rings is 1. The highest BCUT2D eigenvalue weighted by molar-refractivity contribution is 6.08. The third kappa shape index (κ3) is 3.30. The van der Waals surface area contributed by atoms with Crippen molar-refractivity contribution in [1.82, 2.24) is 25.4 Å². The molecule has 0 saturated carbocycles. The number of rotatable bonds is 5. The molecular formula is C21H20N6O3. The summed E-state index contributed by atoms with van der Waals surface area (Å²) in [5.74, 6) is -0.136. The van der Waals surface area contributed by atoms with E-state index >= 15 is 0 Å². The summed E-state index contributed by atoms with van der Waals surface area (Å²) < 4.78 is 1.64. The Bertz CT molecular complexity index is 1140. The van der Waals surface area contributed by atoms with Gasteiger partial charge in [0, 0.05) is 11.9 Å². The minimum atomic E-state index is -1.20.